The fraction of sp³-hybridized carbons (Fsp3) is 0.500. The molecule has 2 rings (SSSR count). The predicted molar refractivity (Wildman–Crippen MR) is 94.7 cm³/mol. The van der Waals surface area contributed by atoms with Crippen molar-refractivity contribution in [3.05, 3.63) is 35.8 Å². The van der Waals surface area contributed by atoms with E-state index in [-0.39, 0.29) is 11.6 Å². The fourth-order valence-corrected chi connectivity index (χ4v) is 1.70. The van der Waals surface area contributed by atoms with Gasteiger partial charge in [-0.15, -0.1) is 0 Å². The molecule has 1 atom stereocenters. The first-order valence-corrected chi connectivity index (χ1v) is 8.09. The summed E-state index contributed by atoms with van der Waals surface area (Å²) in [5.74, 6) is -0.351. The Morgan fingerprint density at radius 1 is 1.18 bits per heavy atom. The summed E-state index contributed by atoms with van der Waals surface area (Å²) in [6.45, 7) is 13.5. The van der Waals surface area contributed by atoms with Crippen LogP contribution in [0.5, 0.6) is 0 Å². The van der Waals surface area contributed by atoms with E-state index in [9.17, 15) is 9.18 Å². The normalized spacial score (nSPS) is 10.2. The minimum absolute atomic E-state index is 0.0641. The fourth-order valence-electron chi connectivity index (χ4n) is 1.70. The van der Waals surface area contributed by atoms with E-state index in [2.05, 4.69) is 4.98 Å². The van der Waals surface area contributed by atoms with Gasteiger partial charge in [0.2, 0.25) is 0 Å². The Labute approximate surface area is 134 Å². The highest BCUT2D eigenvalue weighted by Gasteiger charge is 2.12. The van der Waals surface area contributed by atoms with Crippen molar-refractivity contribution in [3.63, 3.8) is 0 Å². The summed E-state index contributed by atoms with van der Waals surface area (Å²) in [7, 11) is 0. The van der Waals surface area contributed by atoms with Gasteiger partial charge in [0.25, 0.3) is 0 Å². The molecule has 0 fully saturated rings. The number of halogens is 1. The van der Waals surface area contributed by atoms with Crippen molar-refractivity contribution in [2.75, 3.05) is 0 Å². The number of hydrogen-bond acceptors (Lipinski definition) is 2. The van der Waals surface area contributed by atoms with Gasteiger partial charge in [-0.05, 0) is 37.1 Å². The molecule has 1 heterocycles. The Bertz CT molecular complexity index is 535. The predicted octanol–water partition coefficient (Wildman–Crippen LogP) is 4.84. The van der Waals surface area contributed by atoms with Crippen molar-refractivity contribution >= 4 is 16.7 Å². The van der Waals surface area contributed by atoms with Crippen LogP contribution in [0.2, 0.25) is 0 Å². The summed E-state index contributed by atoms with van der Waals surface area (Å²) in [5.41, 5.74) is 7.41. The second-order valence-corrected chi connectivity index (χ2v) is 3.93. The molecule has 3 nitrogen and oxygen atoms in total. The standard InChI is InChI=1S/C12H13FN2O.3C2H6/c1-7(16)11(14)4-8-6-15-12-3-2-9(13)5-10(8)12;3*1-2/h2-3,5-6,11,15H,4,14H2,1H3;3*1-2H3. The van der Waals surface area contributed by atoms with E-state index in [1.807, 2.05) is 41.5 Å². The Balaban J connectivity index is 0. The Morgan fingerprint density at radius 3 is 2.23 bits per heavy atom. The monoisotopic (exact) mass is 310 g/mol. The number of carbonyl (C=O) groups is 1. The van der Waals surface area contributed by atoms with Gasteiger partial charge in [-0.25, -0.2) is 4.39 Å². The summed E-state index contributed by atoms with van der Waals surface area (Å²) in [6.07, 6.45) is 2.20. The molecule has 126 valence electrons. The van der Waals surface area contributed by atoms with Gasteiger partial charge in [0.05, 0.1) is 6.04 Å². The lowest BCUT2D eigenvalue weighted by Gasteiger charge is -2.06. The molecule has 0 saturated carbocycles. The van der Waals surface area contributed by atoms with Crippen LogP contribution < -0.4 is 5.73 Å². The molecular weight excluding hydrogens is 279 g/mol. The van der Waals surface area contributed by atoms with E-state index in [1.165, 1.54) is 19.1 Å². The summed E-state index contributed by atoms with van der Waals surface area (Å²) < 4.78 is 13.1. The van der Waals surface area contributed by atoms with Crippen molar-refractivity contribution in [2.24, 2.45) is 5.73 Å². The lowest BCUT2D eigenvalue weighted by atomic mass is 10.0. The molecule has 1 aromatic carbocycles. The number of hydrogen-bond donors (Lipinski definition) is 2. The maximum atomic E-state index is 13.1. The zero-order valence-electron chi connectivity index (χ0n) is 15.0. The quantitative estimate of drug-likeness (QED) is 0.851. The number of rotatable bonds is 3. The van der Waals surface area contributed by atoms with Gasteiger partial charge in [0, 0.05) is 17.1 Å². The van der Waals surface area contributed by atoms with Gasteiger partial charge < -0.3 is 10.7 Å². The molecule has 0 aliphatic heterocycles. The first-order chi connectivity index (χ1) is 10.6. The van der Waals surface area contributed by atoms with Crippen molar-refractivity contribution in [1.82, 2.24) is 4.98 Å². The minimum atomic E-state index is -0.526. The molecule has 1 aromatic heterocycles. The number of H-pyrrole nitrogens is 1. The number of nitrogens with two attached hydrogens (primary N) is 1. The first kappa shape index (κ1) is 22.6. The van der Waals surface area contributed by atoms with Gasteiger partial charge in [0.15, 0.2) is 0 Å². The largest absolute Gasteiger partial charge is 0.361 e. The first-order valence-electron chi connectivity index (χ1n) is 8.09. The van der Waals surface area contributed by atoms with E-state index in [0.717, 1.165) is 16.5 Å². The third-order valence-electron chi connectivity index (χ3n) is 2.69. The second kappa shape index (κ2) is 13.0. The van der Waals surface area contributed by atoms with Gasteiger partial charge >= 0.3 is 0 Å². The molecule has 0 radical (unpaired) electrons. The maximum absolute atomic E-state index is 13.1. The average Bonchev–Trinajstić information content (AvgIpc) is 2.95. The zero-order chi connectivity index (χ0) is 17.7. The molecule has 0 aliphatic carbocycles. The molecule has 0 bridgehead atoms. The van der Waals surface area contributed by atoms with Crippen LogP contribution in [0.25, 0.3) is 10.9 Å². The Kier molecular flexibility index (Phi) is 13.4. The third-order valence-corrected chi connectivity index (χ3v) is 2.69. The number of Topliss-reactive ketones (excluding diaryl/α,β-unsaturated/α-hetero) is 1. The molecule has 2 aromatic rings. The maximum Gasteiger partial charge on any atom is 0.146 e. The average molecular weight is 310 g/mol. The van der Waals surface area contributed by atoms with Crippen LogP contribution in [0.15, 0.2) is 24.4 Å². The van der Waals surface area contributed by atoms with E-state index in [4.69, 9.17) is 5.73 Å². The van der Waals surface area contributed by atoms with Crippen LogP contribution in [0.4, 0.5) is 4.39 Å². The van der Waals surface area contributed by atoms with Crippen molar-refractivity contribution in [3.8, 4) is 0 Å². The van der Waals surface area contributed by atoms with Gasteiger partial charge in [-0.2, -0.15) is 0 Å². The Hall–Kier alpha value is -1.68. The number of nitrogens with one attached hydrogen (secondary N) is 1. The highest BCUT2D eigenvalue weighted by Crippen LogP contribution is 2.20. The molecule has 0 saturated heterocycles. The molecule has 1 unspecified atom stereocenters. The van der Waals surface area contributed by atoms with E-state index in [1.54, 1.807) is 12.3 Å². The Morgan fingerprint density at radius 2 is 1.73 bits per heavy atom. The topological polar surface area (TPSA) is 58.9 Å². The summed E-state index contributed by atoms with van der Waals surface area (Å²) in [5, 5.41) is 0.789. The number of fused-ring (bicyclic) bond motifs is 1. The molecule has 0 amide bonds. The molecule has 4 heteroatoms. The van der Waals surface area contributed by atoms with Gasteiger partial charge in [-0.3, -0.25) is 4.79 Å². The summed E-state index contributed by atoms with van der Waals surface area (Å²) >= 11 is 0. The highest BCUT2D eigenvalue weighted by atomic mass is 19.1. The van der Waals surface area contributed by atoms with Crippen LogP contribution in [0.3, 0.4) is 0 Å². The lowest BCUT2D eigenvalue weighted by molar-refractivity contribution is -0.118. The molecular formula is C18H31FN2O. The zero-order valence-corrected chi connectivity index (χ0v) is 15.0. The van der Waals surface area contributed by atoms with E-state index >= 15 is 0 Å². The van der Waals surface area contributed by atoms with Crippen LogP contribution in [0.1, 0.15) is 54.0 Å². The summed E-state index contributed by atoms with van der Waals surface area (Å²) in [6, 6.07) is 4.00. The van der Waals surface area contributed by atoms with Crippen LogP contribution in [0, 0.1) is 5.82 Å². The van der Waals surface area contributed by atoms with Gasteiger partial charge in [-0.1, -0.05) is 41.5 Å². The smallest absolute Gasteiger partial charge is 0.146 e. The number of ketones is 1. The number of aromatic amines is 1. The van der Waals surface area contributed by atoms with Gasteiger partial charge in [0.1, 0.15) is 11.6 Å². The molecule has 22 heavy (non-hydrogen) atoms. The number of benzene rings is 1. The van der Waals surface area contributed by atoms with Crippen LogP contribution in [-0.4, -0.2) is 16.8 Å². The number of carbonyl (C=O) groups excluding carboxylic acids is 1. The third kappa shape index (κ3) is 6.85. The second-order valence-electron chi connectivity index (χ2n) is 3.93. The summed E-state index contributed by atoms with van der Waals surface area (Å²) in [4.78, 5) is 14.1. The van der Waals surface area contributed by atoms with Crippen LogP contribution in [-0.2, 0) is 11.2 Å². The highest BCUT2D eigenvalue weighted by molar-refractivity contribution is 5.86. The number of aromatic nitrogens is 1. The molecule has 0 spiro atoms. The van der Waals surface area contributed by atoms with Crippen LogP contribution >= 0.6 is 0 Å². The van der Waals surface area contributed by atoms with Crippen molar-refractivity contribution in [1.29, 1.82) is 0 Å². The van der Waals surface area contributed by atoms with E-state index in [0.29, 0.717) is 6.42 Å². The lowest BCUT2D eigenvalue weighted by Crippen LogP contribution is -2.30. The minimum Gasteiger partial charge on any atom is -0.361 e. The van der Waals surface area contributed by atoms with E-state index < -0.39 is 6.04 Å². The molecule has 3 N–H and O–H groups in total. The molecule has 0 aliphatic rings. The van der Waals surface area contributed by atoms with Crippen molar-refractivity contribution < 1.29 is 9.18 Å². The SMILES string of the molecule is CC.CC.CC.CC(=O)C(N)Cc1c[nH]c2ccc(F)cc12. The van der Waals surface area contributed by atoms with Crippen molar-refractivity contribution in [2.45, 2.75) is 60.9 Å².